The number of rotatable bonds is 6. The molecule has 1 aromatic rings. The summed E-state index contributed by atoms with van der Waals surface area (Å²) in [4.78, 5) is 1.13. The first-order valence-corrected chi connectivity index (χ1v) is 6.77. The highest BCUT2D eigenvalue weighted by atomic mass is 32.2. The third-order valence-electron chi connectivity index (χ3n) is 2.28. The van der Waals surface area contributed by atoms with E-state index in [9.17, 15) is 0 Å². The molecule has 1 aromatic carbocycles. The van der Waals surface area contributed by atoms with Gasteiger partial charge in [-0.15, -0.1) is 11.8 Å². The molecule has 0 fully saturated rings. The fourth-order valence-electron chi connectivity index (χ4n) is 1.34. The van der Waals surface area contributed by atoms with Gasteiger partial charge in [0.2, 0.25) is 0 Å². The molecule has 0 saturated heterocycles. The van der Waals surface area contributed by atoms with Gasteiger partial charge in [-0.25, -0.2) is 0 Å². The van der Waals surface area contributed by atoms with Crippen molar-refractivity contribution in [3.8, 4) is 5.75 Å². The van der Waals surface area contributed by atoms with Crippen molar-refractivity contribution in [1.29, 1.82) is 0 Å². The normalized spacial score (nSPS) is 10.8. The zero-order valence-corrected chi connectivity index (χ0v) is 11.1. The van der Waals surface area contributed by atoms with Crippen molar-refractivity contribution in [2.24, 2.45) is 5.92 Å². The lowest BCUT2D eigenvalue weighted by Crippen LogP contribution is -1.98. The summed E-state index contributed by atoms with van der Waals surface area (Å²) in [5.41, 5.74) is 6.82. The van der Waals surface area contributed by atoms with Crippen LogP contribution >= 0.6 is 11.8 Å². The van der Waals surface area contributed by atoms with Gasteiger partial charge in [-0.05, 0) is 37.1 Å². The summed E-state index contributed by atoms with van der Waals surface area (Å²) in [6.45, 7) is 7.10. The van der Waals surface area contributed by atoms with Gasteiger partial charge in [0.15, 0.2) is 0 Å². The number of para-hydroxylation sites is 1. The molecule has 0 spiro atoms. The fourth-order valence-corrected chi connectivity index (χ4v) is 2.58. The number of hydrogen-bond acceptors (Lipinski definition) is 3. The Morgan fingerprint density at radius 3 is 2.75 bits per heavy atom. The topological polar surface area (TPSA) is 35.2 Å². The molecule has 0 aliphatic carbocycles. The van der Waals surface area contributed by atoms with Gasteiger partial charge in [0, 0.05) is 4.90 Å². The second-order valence-corrected chi connectivity index (χ2v) is 5.27. The lowest BCUT2D eigenvalue weighted by atomic mass is 10.2. The minimum absolute atomic E-state index is 0.657. The third kappa shape index (κ3) is 3.97. The van der Waals surface area contributed by atoms with Crippen LogP contribution < -0.4 is 10.5 Å². The summed E-state index contributed by atoms with van der Waals surface area (Å²) in [6, 6.07) is 5.98. The van der Waals surface area contributed by atoms with Crippen molar-refractivity contribution in [3.63, 3.8) is 0 Å². The van der Waals surface area contributed by atoms with Crippen molar-refractivity contribution >= 4 is 17.4 Å². The van der Waals surface area contributed by atoms with Crippen LogP contribution in [0.2, 0.25) is 0 Å². The monoisotopic (exact) mass is 239 g/mol. The van der Waals surface area contributed by atoms with Crippen molar-refractivity contribution in [3.05, 3.63) is 18.2 Å². The molecule has 1 rings (SSSR count). The Labute approximate surface area is 103 Å². The van der Waals surface area contributed by atoms with Gasteiger partial charge >= 0.3 is 0 Å². The van der Waals surface area contributed by atoms with Crippen LogP contribution in [0.4, 0.5) is 5.69 Å². The van der Waals surface area contributed by atoms with E-state index < -0.39 is 0 Å². The number of nitrogens with two attached hydrogens (primary N) is 1. The molecule has 0 radical (unpaired) electrons. The van der Waals surface area contributed by atoms with Crippen LogP contribution in [0, 0.1) is 5.92 Å². The molecule has 0 aromatic heterocycles. The van der Waals surface area contributed by atoms with E-state index in [0.29, 0.717) is 6.61 Å². The highest BCUT2D eigenvalue weighted by molar-refractivity contribution is 7.99. The van der Waals surface area contributed by atoms with E-state index in [4.69, 9.17) is 10.5 Å². The predicted molar refractivity (Wildman–Crippen MR) is 72.2 cm³/mol. The lowest BCUT2D eigenvalue weighted by Gasteiger charge is -2.11. The molecule has 0 unspecified atom stereocenters. The first-order chi connectivity index (χ1) is 7.65. The van der Waals surface area contributed by atoms with Gasteiger partial charge in [-0.3, -0.25) is 0 Å². The standard InChI is InChI=1S/C13H21NOS/c1-4-15-11-6-5-7-12(13(11)14)16-9-8-10(2)3/h5-7,10H,4,8-9,14H2,1-3H3. The number of ether oxygens (including phenoxy) is 1. The molecule has 90 valence electrons. The Kier molecular flexibility index (Phi) is 5.53. The van der Waals surface area contributed by atoms with Crippen LogP contribution in [-0.2, 0) is 0 Å². The Morgan fingerprint density at radius 2 is 2.12 bits per heavy atom. The smallest absolute Gasteiger partial charge is 0.143 e. The zero-order chi connectivity index (χ0) is 12.0. The number of thioether (sulfide) groups is 1. The number of nitrogen functional groups attached to an aromatic ring is 1. The quantitative estimate of drug-likeness (QED) is 0.605. The highest BCUT2D eigenvalue weighted by Crippen LogP contribution is 2.33. The first-order valence-electron chi connectivity index (χ1n) is 5.79. The van der Waals surface area contributed by atoms with E-state index in [-0.39, 0.29) is 0 Å². The number of benzene rings is 1. The van der Waals surface area contributed by atoms with E-state index in [1.165, 1.54) is 6.42 Å². The van der Waals surface area contributed by atoms with E-state index in [1.807, 2.05) is 30.8 Å². The van der Waals surface area contributed by atoms with Gasteiger partial charge in [-0.2, -0.15) is 0 Å². The summed E-state index contributed by atoms with van der Waals surface area (Å²) in [5, 5.41) is 0. The van der Waals surface area contributed by atoms with Crippen LogP contribution in [0.25, 0.3) is 0 Å². The van der Waals surface area contributed by atoms with Crippen LogP contribution in [-0.4, -0.2) is 12.4 Å². The Hall–Kier alpha value is -0.830. The van der Waals surface area contributed by atoms with Gasteiger partial charge < -0.3 is 10.5 Å². The molecule has 0 amide bonds. The predicted octanol–water partition coefficient (Wildman–Crippen LogP) is 3.81. The minimum Gasteiger partial charge on any atom is -0.492 e. The third-order valence-corrected chi connectivity index (χ3v) is 3.39. The molecule has 2 nitrogen and oxygen atoms in total. The lowest BCUT2D eigenvalue weighted by molar-refractivity contribution is 0.341. The summed E-state index contributed by atoms with van der Waals surface area (Å²) >= 11 is 1.81. The van der Waals surface area contributed by atoms with Crippen LogP contribution in [0.3, 0.4) is 0 Å². The molecule has 0 bridgehead atoms. The summed E-state index contributed by atoms with van der Waals surface area (Å²) in [7, 11) is 0. The highest BCUT2D eigenvalue weighted by Gasteiger charge is 2.06. The zero-order valence-electron chi connectivity index (χ0n) is 10.3. The van der Waals surface area contributed by atoms with Gasteiger partial charge in [-0.1, -0.05) is 19.9 Å². The fraction of sp³-hybridized carbons (Fsp3) is 0.538. The second kappa shape index (κ2) is 6.69. The van der Waals surface area contributed by atoms with Gasteiger partial charge in [0.1, 0.15) is 5.75 Å². The van der Waals surface area contributed by atoms with Crippen molar-refractivity contribution in [2.75, 3.05) is 18.1 Å². The Morgan fingerprint density at radius 1 is 1.38 bits per heavy atom. The largest absolute Gasteiger partial charge is 0.492 e. The van der Waals surface area contributed by atoms with Crippen molar-refractivity contribution in [1.82, 2.24) is 0 Å². The molecule has 3 heteroatoms. The SMILES string of the molecule is CCOc1cccc(SCCC(C)C)c1N. The Bertz CT molecular complexity index is 326. The van der Waals surface area contributed by atoms with E-state index in [2.05, 4.69) is 19.9 Å². The summed E-state index contributed by atoms with van der Waals surface area (Å²) in [5.74, 6) is 2.65. The summed E-state index contributed by atoms with van der Waals surface area (Å²) in [6.07, 6.45) is 1.21. The van der Waals surface area contributed by atoms with E-state index >= 15 is 0 Å². The van der Waals surface area contributed by atoms with Crippen molar-refractivity contribution in [2.45, 2.75) is 32.1 Å². The van der Waals surface area contributed by atoms with Crippen LogP contribution in [0.15, 0.2) is 23.1 Å². The average Bonchev–Trinajstić information content (AvgIpc) is 2.23. The minimum atomic E-state index is 0.657. The maximum atomic E-state index is 6.04. The number of anilines is 1. The Balaban J connectivity index is 2.62. The van der Waals surface area contributed by atoms with Gasteiger partial charge in [0.05, 0.1) is 12.3 Å². The van der Waals surface area contributed by atoms with Crippen LogP contribution in [0.5, 0.6) is 5.75 Å². The molecule has 2 N–H and O–H groups in total. The maximum Gasteiger partial charge on any atom is 0.143 e. The number of hydrogen-bond donors (Lipinski definition) is 1. The second-order valence-electron chi connectivity index (χ2n) is 4.13. The van der Waals surface area contributed by atoms with Crippen molar-refractivity contribution < 1.29 is 4.74 Å². The molecule has 0 saturated carbocycles. The average molecular weight is 239 g/mol. The maximum absolute atomic E-state index is 6.04. The van der Waals surface area contributed by atoms with E-state index in [1.54, 1.807) is 0 Å². The molecular formula is C13H21NOS. The van der Waals surface area contributed by atoms with Crippen LogP contribution in [0.1, 0.15) is 27.2 Å². The summed E-state index contributed by atoms with van der Waals surface area (Å²) < 4.78 is 5.47. The molecular weight excluding hydrogens is 218 g/mol. The van der Waals surface area contributed by atoms with E-state index in [0.717, 1.165) is 28.0 Å². The molecule has 0 aliphatic heterocycles. The molecule has 0 atom stereocenters. The molecule has 16 heavy (non-hydrogen) atoms. The van der Waals surface area contributed by atoms with Gasteiger partial charge in [0.25, 0.3) is 0 Å². The first kappa shape index (κ1) is 13.2. The molecule has 0 aliphatic rings. The molecule has 0 heterocycles.